The molecule has 1 aliphatic carbocycles. The summed E-state index contributed by atoms with van der Waals surface area (Å²) < 4.78 is 0. The number of nitrogens with one attached hydrogen (secondary N) is 1. The Labute approximate surface area is 111 Å². The number of thioether (sulfide) groups is 1. The summed E-state index contributed by atoms with van der Waals surface area (Å²) in [6.07, 6.45) is 5.69. The highest BCUT2D eigenvalue weighted by Crippen LogP contribution is 2.27. The molecule has 3 nitrogen and oxygen atoms in total. The Balaban J connectivity index is 1.85. The van der Waals surface area contributed by atoms with Gasteiger partial charge in [0, 0.05) is 22.7 Å². The van der Waals surface area contributed by atoms with Crippen LogP contribution in [0, 0.1) is 0 Å². The topological polar surface area (TPSA) is 45.1 Å². The molecule has 5 heteroatoms. The summed E-state index contributed by atoms with van der Waals surface area (Å²) >= 11 is 3.56. The van der Waals surface area contributed by atoms with Crippen LogP contribution in [0.25, 0.3) is 0 Å². The van der Waals surface area contributed by atoms with Gasteiger partial charge >= 0.3 is 0 Å². The third-order valence-corrected chi connectivity index (χ3v) is 5.58. The maximum absolute atomic E-state index is 9.22. The Morgan fingerprint density at radius 2 is 2.35 bits per heavy atom. The Morgan fingerprint density at radius 3 is 3.00 bits per heavy atom. The molecule has 0 saturated heterocycles. The molecular formula is C12H20N2OS2. The lowest BCUT2D eigenvalue weighted by Crippen LogP contribution is -2.37. The van der Waals surface area contributed by atoms with Crippen molar-refractivity contribution in [2.75, 3.05) is 12.9 Å². The molecular weight excluding hydrogens is 252 g/mol. The zero-order valence-electron chi connectivity index (χ0n) is 10.4. The molecule has 0 bridgehead atoms. The van der Waals surface area contributed by atoms with Crippen LogP contribution >= 0.6 is 23.1 Å². The van der Waals surface area contributed by atoms with Crippen LogP contribution in [0.1, 0.15) is 28.9 Å². The molecule has 2 N–H and O–H groups in total. The van der Waals surface area contributed by atoms with Crippen molar-refractivity contribution >= 4 is 23.1 Å². The number of rotatable bonds is 6. The zero-order chi connectivity index (χ0) is 12.3. The smallest absolute Gasteiger partial charge is 0.107 e. The molecule has 1 aromatic heterocycles. The van der Waals surface area contributed by atoms with Crippen molar-refractivity contribution in [1.82, 2.24) is 10.3 Å². The quantitative estimate of drug-likeness (QED) is 0.829. The largest absolute Gasteiger partial charge is 0.395 e. The van der Waals surface area contributed by atoms with Gasteiger partial charge in [-0.1, -0.05) is 0 Å². The number of aromatic nitrogens is 1. The fraction of sp³-hybridized carbons (Fsp3) is 0.750. The van der Waals surface area contributed by atoms with Gasteiger partial charge in [0.05, 0.1) is 12.3 Å². The van der Waals surface area contributed by atoms with Crippen LogP contribution in [-0.4, -0.2) is 34.2 Å². The first-order chi connectivity index (χ1) is 8.24. The second-order valence-electron chi connectivity index (χ2n) is 4.46. The van der Waals surface area contributed by atoms with Crippen LogP contribution in [-0.2, 0) is 19.4 Å². The first-order valence-corrected chi connectivity index (χ1v) is 8.19. The predicted octanol–water partition coefficient (Wildman–Crippen LogP) is 1.83. The predicted molar refractivity (Wildman–Crippen MR) is 74.8 cm³/mol. The molecule has 0 fully saturated rings. The van der Waals surface area contributed by atoms with E-state index in [1.54, 1.807) is 11.8 Å². The lowest BCUT2D eigenvalue weighted by atomic mass is 10.2. The average molecular weight is 272 g/mol. The lowest BCUT2D eigenvalue weighted by Gasteiger charge is -2.20. The number of fused-ring (bicyclic) bond motifs is 1. The van der Waals surface area contributed by atoms with Crippen LogP contribution in [0.5, 0.6) is 0 Å². The van der Waals surface area contributed by atoms with Crippen LogP contribution in [0.2, 0.25) is 0 Å². The van der Waals surface area contributed by atoms with Gasteiger partial charge in [0.25, 0.3) is 0 Å². The van der Waals surface area contributed by atoms with E-state index in [9.17, 15) is 5.11 Å². The Kier molecular flexibility index (Phi) is 4.85. The minimum absolute atomic E-state index is 0.226. The molecule has 0 spiro atoms. The van der Waals surface area contributed by atoms with Crippen molar-refractivity contribution < 1.29 is 5.11 Å². The summed E-state index contributed by atoms with van der Waals surface area (Å²) in [4.78, 5) is 6.14. The number of hydrogen-bond donors (Lipinski definition) is 2. The molecule has 1 aliphatic rings. The van der Waals surface area contributed by atoms with Gasteiger partial charge in [0.1, 0.15) is 5.01 Å². The summed E-state index contributed by atoms with van der Waals surface area (Å²) in [5, 5.41) is 14.1. The molecule has 1 heterocycles. The van der Waals surface area contributed by atoms with Crippen molar-refractivity contribution in [3.8, 4) is 0 Å². The summed E-state index contributed by atoms with van der Waals surface area (Å²) in [7, 11) is 0. The van der Waals surface area contributed by atoms with Gasteiger partial charge in [-0.25, -0.2) is 4.98 Å². The maximum Gasteiger partial charge on any atom is 0.107 e. The molecule has 0 aromatic carbocycles. The zero-order valence-corrected chi connectivity index (χ0v) is 12.0. The van der Waals surface area contributed by atoms with E-state index in [0.717, 1.165) is 13.0 Å². The first kappa shape index (κ1) is 13.3. The standard InChI is InChI=1S/C12H20N2OS2/c1-8(11(7-15)16-2)13-6-12-14-9-4-3-5-10(9)17-12/h8,11,13,15H,3-7H2,1-2H3. The van der Waals surface area contributed by atoms with E-state index in [1.807, 2.05) is 17.6 Å². The number of aliphatic hydroxyl groups is 1. The van der Waals surface area contributed by atoms with E-state index < -0.39 is 0 Å². The number of hydrogen-bond acceptors (Lipinski definition) is 5. The number of aliphatic hydroxyl groups excluding tert-OH is 1. The van der Waals surface area contributed by atoms with Crippen LogP contribution in [0.3, 0.4) is 0 Å². The fourth-order valence-electron chi connectivity index (χ4n) is 2.14. The Hall–Kier alpha value is -0.100. The van der Waals surface area contributed by atoms with Crippen LogP contribution < -0.4 is 5.32 Å². The summed E-state index contributed by atoms with van der Waals surface area (Å²) in [6.45, 7) is 3.18. The maximum atomic E-state index is 9.22. The molecule has 0 amide bonds. The Morgan fingerprint density at radius 1 is 1.53 bits per heavy atom. The van der Waals surface area contributed by atoms with E-state index >= 15 is 0 Å². The van der Waals surface area contributed by atoms with E-state index in [-0.39, 0.29) is 11.9 Å². The van der Waals surface area contributed by atoms with E-state index in [2.05, 4.69) is 17.2 Å². The molecule has 2 unspecified atom stereocenters. The molecule has 96 valence electrons. The molecule has 2 atom stereocenters. The van der Waals surface area contributed by atoms with Gasteiger partial charge in [0.2, 0.25) is 0 Å². The minimum atomic E-state index is 0.226. The molecule has 0 aliphatic heterocycles. The van der Waals surface area contributed by atoms with Gasteiger partial charge < -0.3 is 10.4 Å². The molecule has 2 rings (SSSR count). The normalized spacial score (nSPS) is 18.1. The van der Waals surface area contributed by atoms with Gasteiger partial charge in [-0.15, -0.1) is 11.3 Å². The fourth-order valence-corrected chi connectivity index (χ4v) is 3.90. The van der Waals surface area contributed by atoms with Gasteiger partial charge in [0.15, 0.2) is 0 Å². The third kappa shape index (κ3) is 3.22. The first-order valence-electron chi connectivity index (χ1n) is 6.09. The second kappa shape index (κ2) is 6.18. The molecule has 17 heavy (non-hydrogen) atoms. The monoisotopic (exact) mass is 272 g/mol. The number of aryl methyl sites for hydroxylation is 2. The van der Waals surface area contributed by atoms with Gasteiger partial charge in [-0.2, -0.15) is 11.8 Å². The molecule has 1 aromatic rings. The number of thiazole rings is 1. The molecule has 0 radical (unpaired) electrons. The van der Waals surface area contributed by atoms with Crippen molar-refractivity contribution in [2.45, 2.75) is 44.0 Å². The highest BCUT2D eigenvalue weighted by Gasteiger charge is 2.18. The van der Waals surface area contributed by atoms with Gasteiger partial charge in [-0.05, 0) is 32.4 Å². The summed E-state index contributed by atoms with van der Waals surface area (Å²) in [6, 6.07) is 0.314. The van der Waals surface area contributed by atoms with E-state index in [1.165, 1.54) is 28.4 Å². The average Bonchev–Trinajstić information content (AvgIpc) is 2.88. The SMILES string of the molecule is CSC(CO)C(C)NCc1nc2c(s1)CCC2. The summed E-state index contributed by atoms with van der Waals surface area (Å²) in [5.41, 5.74) is 1.32. The minimum Gasteiger partial charge on any atom is -0.395 e. The van der Waals surface area contributed by atoms with Crippen molar-refractivity contribution in [3.05, 3.63) is 15.6 Å². The highest BCUT2D eigenvalue weighted by molar-refractivity contribution is 7.99. The van der Waals surface area contributed by atoms with Crippen LogP contribution in [0.15, 0.2) is 0 Å². The lowest BCUT2D eigenvalue weighted by molar-refractivity contribution is 0.276. The van der Waals surface area contributed by atoms with Crippen molar-refractivity contribution in [2.24, 2.45) is 0 Å². The second-order valence-corrected chi connectivity index (χ2v) is 6.70. The highest BCUT2D eigenvalue weighted by atomic mass is 32.2. The third-order valence-electron chi connectivity index (χ3n) is 3.26. The van der Waals surface area contributed by atoms with Crippen molar-refractivity contribution in [1.29, 1.82) is 0 Å². The summed E-state index contributed by atoms with van der Waals surface area (Å²) in [5.74, 6) is 0. The van der Waals surface area contributed by atoms with E-state index in [4.69, 9.17) is 0 Å². The van der Waals surface area contributed by atoms with Crippen molar-refractivity contribution in [3.63, 3.8) is 0 Å². The molecule has 0 saturated carbocycles. The Bertz CT molecular complexity index is 342. The van der Waals surface area contributed by atoms with E-state index in [0.29, 0.717) is 6.04 Å². The van der Waals surface area contributed by atoms with Gasteiger partial charge in [-0.3, -0.25) is 0 Å². The number of nitrogens with zero attached hydrogens (tertiary/aromatic N) is 1. The van der Waals surface area contributed by atoms with Crippen LogP contribution in [0.4, 0.5) is 0 Å².